The standard InChI is InChI=1S/C11H9N4/c1-9-7-15(14-13-9)8-11-4-2-10(6-12)3-5-11/h2-5,7H,1,8H2. The molecule has 4 nitrogen and oxygen atoms in total. The van der Waals surface area contributed by atoms with E-state index in [9.17, 15) is 0 Å². The topological polar surface area (TPSA) is 54.5 Å². The molecule has 0 N–H and O–H groups in total. The third kappa shape index (κ3) is 2.20. The molecule has 0 aliphatic rings. The fourth-order valence-corrected chi connectivity index (χ4v) is 1.29. The highest BCUT2D eigenvalue weighted by atomic mass is 15.4. The van der Waals surface area contributed by atoms with Crippen LogP contribution in [0.25, 0.3) is 0 Å². The van der Waals surface area contributed by atoms with E-state index < -0.39 is 0 Å². The van der Waals surface area contributed by atoms with Crippen LogP contribution in [0, 0.1) is 18.3 Å². The lowest BCUT2D eigenvalue weighted by Crippen LogP contribution is -2.00. The molecule has 2 rings (SSSR count). The zero-order valence-corrected chi connectivity index (χ0v) is 8.09. The molecule has 0 aliphatic carbocycles. The Labute approximate surface area is 87.8 Å². The molecule has 0 saturated carbocycles. The average Bonchev–Trinajstić information content (AvgIpc) is 2.65. The number of rotatable bonds is 2. The van der Waals surface area contributed by atoms with Crippen molar-refractivity contribution in [2.24, 2.45) is 0 Å². The third-order valence-corrected chi connectivity index (χ3v) is 2.01. The predicted molar refractivity (Wildman–Crippen MR) is 54.7 cm³/mol. The maximum Gasteiger partial charge on any atom is 0.0991 e. The van der Waals surface area contributed by atoms with E-state index >= 15 is 0 Å². The van der Waals surface area contributed by atoms with Crippen molar-refractivity contribution in [3.63, 3.8) is 0 Å². The molecule has 1 aromatic heterocycles. The lowest BCUT2D eigenvalue weighted by molar-refractivity contribution is 0.649. The normalized spacial score (nSPS) is 9.87. The molecule has 1 radical (unpaired) electrons. The fourth-order valence-electron chi connectivity index (χ4n) is 1.29. The van der Waals surface area contributed by atoms with E-state index in [1.165, 1.54) is 0 Å². The summed E-state index contributed by atoms with van der Waals surface area (Å²) in [4.78, 5) is 0. The van der Waals surface area contributed by atoms with Crippen molar-refractivity contribution in [1.29, 1.82) is 5.26 Å². The molecule has 0 aliphatic heterocycles. The molecule has 0 spiro atoms. The fraction of sp³-hybridized carbons (Fsp3) is 0.0909. The molecule has 2 aromatic rings. The van der Waals surface area contributed by atoms with E-state index in [1.807, 2.05) is 12.1 Å². The molecule has 0 amide bonds. The zero-order valence-electron chi connectivity index (χ0n) is 8.09. The summed E-state index contributed by atoms with van der Waals surface area (Å²) in [5, 5.41) is 16.3. The van der Waals surface area contributed by atoms with Crippen LogP contribution in [0.15, 0.2) is 30.5 Å². The number of nitriles is 1. The van der Waals surface area contributed by atoms with E-state index in [4.69, 9.17) is 5.26 Å². The summed E-state index contributed by atoms with van der Waals surface area (Å²) in [5.74, 6) is 0. The van der Waals surface area contributed by atoms with Crippen molar-refractivity contribution in [2.45, 2.75) is 6.54 Å². The van der Waals surface area contributed by atoms with Crippen LogP contribution in [-0.2, 0) is 6.54 Å². The third-order valence-electron chi connectivity index (χ3n) is 2.01. The first kappa shape index (κ1) is 9.41. The van der Waals surface area contributed by atoms with Gasteiger partial charge in [-0.25, -0.2) is 4.68 Å². The maximum absolute atomic E-state index is 8.64. The predicted octanol–water partition coefficient (Wildman–Crippen LogP) is 1.38. The maximum atomic E-state index is 8.64. The molecular formula is C11H9N4. The molecule has 4 heteroatoms. The van der Waals surface area contributed by atoms with Crippen LogP contribution in [0.4, 0.5) is 0 Å². The van der Waals surface area contributed by atoms with Crippen LogP contribution in [0.1, 0.15) is 16.8 Å². The largest absolute Gasteiger partial charge is 0.248 e. The molecule has 0 unspecified atom stereocenters. The van der Waals surface area contributed by atoms with Crippen molar-refractivity contribution in [3.05, 3.63) is 54.2 Å². The molecule has 0 fully saturated rings. The van der Waals surface area contributed by atoms with Gasteiger partial charge in [0.15, 0.2) is 0 Å². The second-order valence-corrected chi connectivity index (χ2v) is 3.22. The molecule has 15 heavy (non-hydrogen) atoms. The molecule has 0 atom stereocenters. The van der Waals surface area contributed by atoms with Gasteiger partial charge in [0.25, 0.3) is 0 Å². The molecule has 1 aromatic carbocycles. The number of hydrogen-bond acceptors (Lipinski definition) is 3. The van der Waals surface area contributed by atoms with Crippen LogP contribution in [0.5, 0.6) is 0 Å². The smallest absolute Gasteiger partial charge is 0.0991 e. The van der Waals surface area contributed by atoms with Crippen LogP contribution in [0.2, 0.25) is 0 Å². The first-order chi connectivity index (χ1) is 7.28. The summed E-state index contributed by atoms with van der Waals surface area (Å²) in [6.45, 7) is 4.32. The summed E-state index contributed by atoms with van der Waals surface area (Å²) in [6.07, 6.45) is 1.78. The summed E-state index contributed by atoms with van der Waals surface area (Å²) in [5.41, 5.74) is 2.40. The van der Waals surface area contributed by atoms with Gasteiger partial charge >= 0.3 is 0 Å². The Morgan fingerprint density at radius 1 is 1.33 bits per heavy atom. The van der Waals surface area contributed by atoms with Gasteiger partial charge in [-0.05, 0) is 24.6 Å². The highest BCUT2D eigenvalue weighted by molar-refractivity contribution is 5.31. The minimum Gasteiger partial charge on any atom is -0.248 e. The Morgan fingerprint density at radius 3 is 2.60 bits per heavy atom. The monoisotopic (exact) mass is 197 g/mol. The van der Waals surface area contributed by atoms with Gasteiger partial charge in [0, 0.05) is 6.20 Å². The van der Waals surface area contributed by atoms with E-state index in [-0.39, 0.29) is 0 Å². The van der Waals surface area contributed by atoms with Crippen molar-refractivity contribution in [2.75, 3.05) is 0 Å². The van der Waals surface area contributed by atoms with E-state index in [0.717, 1.165) is 5.56 Å². The van der Waals surface area contributed by atoms with Crippen LogP contribution in [-0.4, -0.2) is 15.0 Å². The van der Waals surface area contributed by atoms with Gasteiger partial charge in [0.05, 0.1) is 23.9 Å². The molecular weight excluding hydrogens is 188 g/mol. The number of nitrogens with zero attached hydrogens (tertiary/aromatic N) is 4. The first-order valence-electron chi connectivity index (χ1n) is 4.49. The molecule has 1 heterocycles. The van der Waals surface area contributed by atoms with Crippen LogP contribution >= 0.6 is 0 Å². The molecule has 73 valence electrons. The van der Waals surface area contributed by atoms with Gasteiger partial charge in [-0.2, -0.15) is 5.26 Å². The Bertz CT molecular complexity index is 490. The molecule has 0 saturated heterocycles. The van der Waals surface area contributed by atoms with Gasteiger partial charge in [-0.1, -0.05) is 17.3 Å². The quantitative estimate of drug-likeness (QED) is 0.730. The van der Waals surface area contributed by atoms with Gasteiger partial charge in [0.1, 0.15) is 0 Å². The van der Waals surface area contributed by atoms with E-state index in [1.54, 1.807) is 23.0 Å². The Morgan fingerprint density at radius 2 is 2.07 bits per heavy atom. The van der Waals surface area contributed by atoms with E-state index in [2.05, 4.69) is 23.3 Å². The van der Waals surface area contributed by atoms with Gasteiger partial charge < -0.3 is 0 Å². The van der Waals surface area contributed by atoms with Gasteiger partial charge in [-0.15, -0.1) is 5.10 Å². The number of benzene rings is 1. The lowest BCUT2D eigenvalue weighted by Gasteiger charge is -2.00. The highest BCUT2D eigenvalue weighted by Gasteiger charge is 1.98. The van der Waals surface area contributed by atoms with Crippen molar-refractivity contribution < 1.29 is 0 Å². The first-order valence-corrected chi connectivity index (χ1v) is 4.49. The average molecular weight is 197 g/mol. The number of hydrogen-bond donors (Lipinski definition) is 0. The number of aromatic nitrogens is 3. The summed E-state index contributed by atoms with van der Waals surface area (Å²) < 4.78 is 1.71. The SMILES string of the molecule is [CH2]c1cn(Cc2ccc(C#N)cc2)nn1. The summed E-state index contributed by atoms with van der Waals surface area (Å²) in [6, 6.07) is 9.47. The van der Waals surface area contributed by atoms with E-state index in [0.29, 0.717) is 17.8 Å². The van der Waals surface area contributed by atoms with Crippen molar-refractivity contribution >= 4 is 0 Å². The van der Waals surface area contributed by atoms with Crippen LogP contribution < -0.4 is 0 Å². The van der Waals surface area contributed by atoms with Crippen molar-refractivity contribution in [1.82, 2.24) is 15.0 Å². The second kappa shape index (κ2) is 3.93. The lowest BCUT2D eigenvalue weighted by atomic mass is 10.1. The Hall–Kier alpha value is -2.15. The zero-order chi connectivity index (χ0) is 10.7. The van der Waals surface area contributed by atoms with Gasteiger partial charge in [0.2, 0.25) is 0 Å². The van der Waals surface area contributed by atoms with Crippen molar-refractivity contribution in [3.8, 4) is 6.07 Å². The summed E-state index contributed by atoms with van der Waals surface area (Å²) >= 11 is 0. The summed E-state index contributed by atoms with van der Waals surface area (Å²) in [7, 11) is 0. The van der Waals surface area contributed by atoms with Crippen LogP contribution in [0.3, 0.4) is 0 Å². The van der Waals surface area contributed by atoms with Gasteiger partial charge in [-0.3, -0.25) is 0 Å². The molecule has 0 bridgehead atoms. The highest BCUT2D eigenvalue weighted by Crippen LogP contribution is 2.05. The minimum atomic E-state index is 0.647. The minimum absolute atomic E-state index is 0.647. The Kier molecular flexibility index (Phi) is 2.46. The Balaban J connectivity index is 2.15. The second-order valence-electron chi connectivity index (χ2n) is 3.22.